The molecule has 0 radical (unpaired) electrons. The normalized spacial score (nSPS) is 17.9. The van der Waals surface area contributed by atoms with Crippen LogP contribution in [0.5, 0.6) is 0 Å². The summed E-state index contributed by atoms with van der Waals surface area (Å²) in [4.78, 5) is 25.1. The Labute approximate surface area is 173 Å². The van der Waals surface area contributed by atoms with Gasteiger partial charge >= 0.3 is 0 Å². The maximum absolute atomic E-state index is 13.4. The number of halogens is 3. The average Bonchev–Trinajstić information content (AvgIpc) is 3.23. The van der Waals surface area contributed by atoms with Crippen LogP contribution in [0.4, 0.5) is 8.78 Å². The molecule has 2 aromatic rings. The SMILES string of the molecule is N#C[C@@H]1CC(F)(F)CN1C(=O)CNC(=O)c1cnn(Cc2cccc(I)c2)c1. The van der Waals surface area contributed by atoms with Crippen molar-refractivity contribution < 1.29 is 18.4 Å². The highest BCUT2D eigenvalue weighted by molar-refractivity contribution is 14.1. The molecule has 2 amide bonds. The number of aromatic nitrogens is 2. The van der Waals surface area contributed by atoms with Gasteiger partial charge in [-0.25, -0.2) is 8.78 Å². The van der Waals surface area contributed by atoms with Crippen LogP contribution in [0, 0.1) is 14.9 Å². The average molecular weight is 499 g/mol. The van der Waals surface area contributed by atoms with E-state index in [-0.39, 0.29) is 5.56 Å². The predicted octanol–water partition coefficient (Wildman–Crippen LogP) is 2.03. The molecular formula is C18H16F2IN5O2. The smallest absolute Gasteiger partial charge is 0.268 e. The Morgan fingerprint density at radius 3 is 2.93 bits per heavy atom. The standard InChI is InChI=1S/C18H16F2IN5O2/c19-18(20)5-15(6-22)26(11-18)16(27)8-23-17(28)13-7-24-25(10-13)9-12-2-1-3-14(21)4-12/h1-4,7,10,15H,5,8-9,11H2,(H,23,28)/t15-/m0/s1. The molecule has 1 aliphatic heterocycles. The summed E-state index contributed by atoms with van der Waals surface area (Å²) in [5.41, 5.74) is 1.27. The lowest BCUT2D eigenvalue weighted by molar-refractivity contribution is -0.131. The number of hydrogen-bond acceptors (Lipinski definition) is 4. The summed E-state index contributed by atoms with van der Waals surface area (Å²) in [6.45, 7) is -0.793. The van der Waals surface area contributed by atoms with Gasteiger partial charge in [-0.2, -0.15) is 10.4 Å². The first-order valence-electron chi connectivity index (χ1n) is 8.39. The minimum Gasteiger partial charge on any atom is -0.343 e. The summed E-state index contributed by atoms with van der Waals surface area (Å²) >= 11 is 2.21. The molecule has 1 fully saturated rings. The molecule has 7 nitrogen and oxygen atoms in total. The lowest BCUT2D eigenvalue weighted by Crippen LogP contribution is -2.42. The van der Waals surface area contributed by atoms with Crippen LogP contribution in [0.25, 0.3) is 0 Å². The van der Waals surface area contributed by atoms with Gasteiger partial charge < -0.3 is 10.2 Å². The van der Waals surface area contributed by atoms with Crippen molar-refractivity contribution in [3.05, 3.63) is 51.4 Å². The number of alkyl halides is 2. The molecule has 0 aliphatic carbocycles. The van der Waals surface area contributed by atoms with E-state index in [1.54, 1.807) is 16.9 Å². The van der Waals surface area contributed by atoms with E-state index in [1.807, 2.05) is 24.3 Å². The lowest BCUT2D eigenvalue weighted by Gasteiger charge is -2.19. The second-order valence-electron chi connectivity index (χ2n) is 6.47. The number of nitriles is 1. The molecule has 0 unspecified atom stereocenters. The minimum atomic E-state index is -3.09. The van der Waals surface area contributed by atoms with E-state index in [0.717, 1.165) is 14.0 Å². The van der Waals surface area contributed by atoms with Crippen LogP contribution >= 0.6 is 22.6 Å². The molecule has 1 aromatic carbocycles. The molecule has 3 rings (SSSR count). The van der Waals surface area contributed by atoms with E-state index in [9.17, 15) is 18.4 Å². The minimum absolute atomic E-state index is 0.252. The first-order valence-corrected chi connectivity index (χ1v) is 9.47. The molecular weight excluding hydrogens is 483 g/mol. The molecule has 28 heavy (non-hydrogen) atoms. The molecule has 1 saturated heterocycles. The Bertz CT molecular complexity index is 940. The summed E-state index contributed by atoms with van der Waals surface area (Å²) in [7, 11) is 0. The molecule has 1 aliphatic rings. The van der Waals surface area contributed by atoms with Crippen molar-refractivity contribution in [1.82, 2.24) is 20.0 Å². The first kappa shape index (κ1) is 20.2. The van der Waals surface area contributed by atoms with Gasteiger partial charge in [-0.05, 0) is 40.3 Å². The molecule has 1 N–H and O–H groups in total. The molecule has 1 atom stereocenters. The van der Waals surface area contributed by atoms with Crippen LogP contribution in [0.2, 0.25) is 0 Å². The van der Waals surface area contributed by atoms with Gasteiger partial charge in [0.15, 0.2) is 0 Å². The van der Waals surface area contributed by atoms with Gasteiger partial charge in [0.2, 0.25) is 5.91 Å². The van der Waals surface area contributed by atoms with Gasteiger partial charge in [-0.15, -0.1) is 0 Å². The van der Waals surface area contributed by atoms with Crippen LogP contribution in [-0.4, -0.2) is 51.5 Å². The number of carbonyl (C=O) groups excluding carboxylic acids is 2. The van der Waals surface area contributed by atoms with Crippen LogP contribution in [0.15, 0.2) is 36.7 Å². The molecule has 10 heteroatoms. The summed E-state index contributed by atoms with van der Waals surface area (Å²) in [5, 5.41) is 15.5. The van der Waals surface area contributed by atoms with Gasteiger partial charge in [-0.1, -0.05) is 12.1 Å². The zero-order valence-corrected chi connectivity index (χ0v) is 16.8. The molecule has 146 valence electrons. The van der Waals surface area contributed by atoms with Crippen molar-refractivity contribution in [2.75, 3.05) is 13.1 Å². The second kappa shape index (κ2) is 8.22. The van der Waals surface area contributed by atoms with E-state index >= 15 is 0 Å². The van der Waals surface area contributed by atoms with E-state index in [4.69, 9.17) is 5.26 Å². The number of rotatable bonds is 5. The fraction of sp³-hybridized carbons (Fsp3) is 0.333. The van der Waals surface area contributed by atoms with Crippen molar-refractivity contribution in [3.63, 3.8) is 0 Å². The maximum Gasteiger partial charge on any atom is 0.268 e. The van der Waals surface area contributed by atoms with Crippen LogP contribution in [0.3, 0.4) is 0 Å². The molecule has 2 heterocycles. The quantitative estimate of drug-likeness (QED) is 0.638. The lowest BCUT2D eigenvalue weighted by atomic mass is 10.2. The van der Waals surface area contributed by atoms with Crippen molar-refractivity contribution in [3.8, 4) is 6.07 Å². The van der Waals surface area contributed by atoms with Crippen molar-refractivity contribution >= 4 is 34.4 Å². The largest absolute Gasteiger partial charge is 0.343 e. The predicted molar refractivity (Wildman–Crippen MR) is 103 cm³/mol. The Kier molecular flexibility index (Phi) is 5.93. The third kappa shape index (κ3) is 4.83. The summed E-state index contributed by atoms with van der Waals surface area (Å²) in [6.07, 6.45) is 2.23. The van der Waals surface area contributed by atoms with Gasteiger partial charge in [0.05, 0.1) is 37.5 Å². The number of amides is 2. The summed E-state index contributed by atoms with van der Waals surface area (Å²) < 4.78 is 29.5. The summed E-state index contributed by atoms with van der Waals surface area (Å²) in [6, 6.07) is 8.35. The summed E-state index contributed by atoms with van der Waals surface area (Å²) in [5.74, 6) is -4.35. The van der Waals surface area contributed by atoms with Crippen molar-refractivity contribution in [2.24, 2.45) is 0 Å². The van der Waals surface area contributed by atoms with Gasteiger partial charge in [0.25, 0.3) is 11.8 Å². The topological polar surface area (TPSA) is 91.0 Å². The highest BCUT2D eigenvalue weighted by Crippen LogP contribution is 2.31. The van der Waals surface area contributed by atoms with E-state index < -0.39 is 43.3 Å². The number of benzene rings is 1. The van der Waals surface area contributed by atoms with Crippen molar-refractivity contribution in [1.29, 1.82) is 5.26 Å². The zero-order chi connectivity index (χ0) is 20.3. The number of nitrogens with zero attached hydrogens (tertiary/aromatic N) is 4. The highest BCUT2D eigenvalue weighted by Gasteiger charge is 2.47. The van der Waals surface area contributed by atoms with Crippen LogP contribution in [0.1, 0.15) is 22.3 Å². The van der Waals surface area contributed by atoms with Crippen LogP contribution in [-0.2, 0) is 11.3 Å². The zero-order valence-electron chi connectivity index (χ0n) is 14.6. The maximum atomic E-state index is 13.4. The third-order valence-electron chi connectivity index (χ3n) is 4.27. The molecule has 0 spiro atoms. The molecule has 1 aromatic heterocycles. The number of hydrogen-bond donors (Lipinski definition) is 1. The molecule has 0 bridgehead atoms. The number of carbonyl (C=O) groups is 2. The Balaban J connectivity index is 1.56. The number of nitrogens with one attached hydrogen (secondary N) is 1. The number of likely N-dealkylation sites (tertiary alicyclic amines) is 1. The van der Waals surface area contributed by atoms with Gasteiger partial charge in [0.1, 0.15) is 6.04 Å². The fourth-order valence-corrected chi connectivity index (χ4v) is 3.55. The van der Waals surface area contributed by atoms with Gasteiger partial charge in [0, 0.05) is 16.2 Å². The fourth-order valence-electron chi connectivity index (χ4n) is 2.94. The third-order valence-corrected chi connectivity index (χ3v) is 4.94. The van der Waals surface area contributed by atoms with E-state index in [2.05, 4.69) is 33.0 Å². The Morgan fingerprint density at radius 2 is 2.21 bits per heavy atom. The van der Waals surface area contributed by atoms with Gasteiger partial charge in [-0.3, -0.25) is 14.3 Å². The monoisotopic (exact) mass is 499 g/mol. The highest BCUT2D eigenvalue weighted by atomic mass is 127. The second-order valence-corrected chi connectivity index (χ2v) is 7.71. The Morgan fingerprint density at radius 1 is 1.43 bits per heavy atom. The van der Waals surface area contributed by atoms with Crippen molar-refractivity contribution in [2.45, 2.75) is 24.9 Å². The van der Waals surface area contributed by atoms with E-state index in [0.29, 0.717) is 6.54 Å². The first-order chi connectivity index (χ1) is 13.3. The van der Waals surface area contributed by atoms with Crippen LogP contribution < -0.4 is 5.32 Å². The Hall–Kier alpha value is -2.55. The van der Waals surface area contributed by atoms with E-state index in [1.165, 1.54) is 6.20 Å². The molecule has 0 saturated carbocycles.